The number of likely N-dealkylation sites (tertiary alicyclic amines) is 1. The van der Waals surface area contributed by atoms with Gasteiger partial charge in [0.2, 0.25) is 0 Å². The van der Waals surface area contributed by atoms with Crippen molar-refractivity contribution in [3.05, 3.63) is 30.8 Å². The molecule has 0 aromatic carbocycles. The van der Waals surface area contributed by atoms with Crippen molar-refractivity contribution >= 4 is 0 Å². The highest BCUT2D eigenvalue weighted by molar-refractivity contribution is 5.46. The van der Waals surface area contributed by atoms with Crippen molar-refractivity contribution in [3.63, 3.8) is 0 Å². The van der Waals surface area contributed by atoms with Gasteiger partial charge in [0.15, 0.2) is 11.6 Å². The van der Waals surface area contributed by atoms with Gasteiger partial charge in [0.1, 0.15) is 0 Å². The molecule has 3 rings (SSSR count). The molecule has 0 N–H and O–H groups in total. The first-order chi connectivity index (χ1) is 8.84. The topological polar surface area (TPSA) is 34.2 Å². The molecule has 1 atom stereocenters. The van der Waals surface area contributed by atoms with Crippen molar-refractivity contribution in [1.29, 1.82) is 0 Å². The van der Waals surface area contributed by atoms with Gasteiger partial charge in [-0.05, 0) is 38.6 Å². The van der Waals surface area contributed by atoms with Crippen LogP contribution in [0.15, 0.2) is 35.2 Å². The standard InChI is InChI=1S/C14H19N3O/c1-16-8-3-2-5-12(16)11-17-9-7-15-14(17)13-6-4-10-18-13/h4,6-7,9-10,12H,2-3,5,8,11H2,1H3. The molecule has 1 unspecified atom stereocenters. The number of hydrogen-bond donors (Lipinski definition) is 0. The Morgan fingerprint density at radius 2 is 2.39 bits per heavy atom. The molecule has 18 heavy (non-hydrogen) atoms. The molecule has 4 nitrogen and oxygen atoms in total. The van der Waals surface area contributed by atoms with E-state index < -0.39 is 0 Å². The second-order valence-corrected chi connectivity index (χ2v) is 5.01. The van der Waals surface area contributed by atoms with Crippen molar-refractivity contribution in [2.24, 2.45) is 0 Å². The molecule has 0 saturated carbocycles. The third-order valence-corrected chi connectivity index (χ3v) is 3.79. The lowest BCUT2D eigenvalue weighted by molar-refractivity contribution is 0.168. The van der Waals surface area contributed by atoms with Gasteiger partial charge >= 0.3 is 0 Å². The average molecular weight is 245 g/mol. The molecular weight excluding hydrogens is 226 g/mol. The molecule has 0 bridgehead atoms. The van der Waals surface area contributed by atoms with E-state index in [0.717, 1.165) is 18.1 Å². The Morgan fingerprint density at radius 1 is 1.44 bits per heavy atom. The van der Waals surface area contributed by atoms with Crippen LogP contribution >= 0.6 is 0 Å². The molecule has 2 aromatic rings. The van der Waals surface area contributed by atoms with E-state index in [2.05, 4.69) is 21.5 Å². The molecule has 3 heterocycles. The Kier molecular flexibility index (Phi) is 3.19. The minimum absolute atomic E-state index is 0.613. The highest BCUT2D eigenvalue weighted by Gasteiger charge is 2.20. The van der Waals surface area contributed by atoms with E-state index in [4.69, 9.17) is 4.42 Å². The van der Waals surface area contributed by atoms with Gasteiger partial charge < -0.3 is 13.9 Å². The number of imidazole rings is 1. The zero-order chi connectivity index (χ0) is 12.4. The summed E-state index contributed by atoms with van der Waals surface area (Å²) in [4.78, 5) is 6.85. The summed E-state index contributed by atoms with van der Waals surface area (Å²) in [7, 11) is 2.22. The Bertz CT molecular complexity index is 489. The molecule has 0 radical (unpaired) electrons. The molecule has 4 heteroatoms. The number of rotatable bonds is 3. The number of hydrogen-bond acceptors (Lipinski definition) is 3. The summed E-state index contributed by atoms with van der Waals surface area (Å²) >= 11 is 0. The summed E-state index contributed by atoms with van der Waals surface area (Å²) in [5, 5.41) is 0. The second-order valence-electron chi connectivity index (χ2n) is 5.01. The summed E-state index contributed by atoms with van der Waals surface area (Å²) < 4.78 is 7.64. The Hall–Kier alpha value is -1.55. The average Bonchev–Trinajstić information content (AvgIpc) is 3.02. The summed E-state index contributed by atoms with van der Waals surface area (Å²) in [6.45, 7) is 2.20. The molecular formula is C14H19N3O. The Labute approximate surface area is 107 Å². The van der Waals surface area contributed by atoms with Gasteiger partial charge in [-0.25, -0.2) is 4.98 Å². The molecule has 2 aromatic heterocycles. The smallest absolute Gasteiger partial charge is 0.176 e. The van der Waals surface area contributed by atoms with Crippen molar-refractivity contribution in [1.82, 2.24) is 14.5 Å². The van der Waals surface area contributed by atoms with E-state index in [9.17, 15) is 0 Å². The lowest BCUT2D eigenvalue weighted by Crippen LogP contribution is -2.39. The van der Waals surface area contributed by atoms with Crippen LogP contribution in [0.25, 0.3) is 11.6 Å². The second kappa shape index (κ2) is 4.98. The van der Waals surface area contributed by atoms with Crippen LogP contribution in [0.2, 0.25) is 0 Å². The Balaban J connectivity index is 1.79. The maximum Gasteiger partial charge on any atom is 0.176 e. The van der Waals surface area contributed by atoms with Crippen LogP contribution in [0.4, 0.5) is 0 Å². The maximum absolute atomic E-state index is 5.44. The van der Waals surface area contributed by atoms with Crippen LogP contribution in [0, 0.1) is 0 Å². The highest BCUT2D eigenvalue weighted by Crippen LogP contribution is 2.21. The van der Waals surface area contributed by atoms with E-state index in [1.54, 1.807) is 6.26 Å². The van der Waals surface area contributed by atoms with Gasteiger partial charge in [0.05, 0.1) is 6.26 Å². The van der Waals surface area contributed by atoms with E-state index in [0.29, 0.717) is 6.04 Å². The monoisotopic (exact) mass is 245 g/mol. The van der Waals surface area contributed by atoms with Crippen molar-refractivity contribution in [3.8, 4) is 11.6 Å². The third kappa shape index (κ3) is 2.20. The van der Waals surface area contributed by atoms with E-state index in [1.165, 1.54) is 25.8 Å². The summed E-state index contributed by atoms with van der Waals surface area (Å²) in [6, 6.07) is 4.48. The fourth-order valence-corrected chi connectivity index (χ4v) is 2.69. The number of piperidine rings is 1. The minimum atomic E-state index is 0.613. The van der Waals surface area contributed by atoms with Gasteiger partial charge in [-0.3, -0.25) is 0 Å². The van der Waals surface area contributed by atoms with E-state index in [-0.39, 0.29) is 0 Å². The first kappa shape index (κ1) is 11.5. The summed E-state index contributed by atoms with van der Waals surface area (Å²) in [5.74, 6) is 1.78. The largest absolute Gasteiger partial charge is 0.461 e. The van der Waals surface area contributed by atoms with Crippen LogP contribution in [-0.4, -0.2) is 34.1 Å². The van der Waals surface area contributed by atoms with Crippen molar-refractivity contribution < 1.29 is 4.42 Å². The number of nitrogens with zero attached hydrogens (tertiary/aromatic N) is 3. The number of aromatic nitrogens is 2. The van der Waals surface area contributed by atoms with Gasteiger partial charge in [0.25, 0.3) is 0 Å². The SMILES string of the molecule is CN1CCCCC1Cn1ccnc1-c1ccco1. The molecule has 0 spiro atoms. The predicted molar refractivity (Wildman–Crippen MR) is 70.2 cm³/mol. The maximum atomic E-state index is 5.44. The molecule has 1 aliphatic rings. The minimum Gasteiger partial charge on any atom is -0.461 e. The van der Waals surface area contributed by atoms with Gasteiger partial charge in [0, 0.05) is 25.0 Å². The lowest BCUT2D eigenvalue weighted by Gasteiger charge is -2.32. The fraction of sp³-hybridized carbons (Fsp3) is 0.500. The predicted octanol–water partition coefficient (Wildman–Crippen LogP) is 2.63. The molecule has 1 aliphatic heterocycles. The number of likely N-dealkylation sites (N-methyl/N-ethyl adjacent to an activating group) is 1. The first-order valence-corrected chi connectivity index (χ1v) is 6.60. The normalized spacial score (nSPS) is 21.3. The van der Waals surface area contributed by atoms with Crippen molar-refractivity contribution in [2.75, 3.05) is 13.6 Å². The van der Waals surface area contributed by atoms with Crippen LogP contribution in [-0.2, 0) is 6.54 Å². The Morgan fingerprint density at radius 3 is 3.17 bits per heavy atom. The molecule has 1 saturated heterocycles. The molecule has 0 amide bonds. The molecule has 0 aliphatic carbocycles. The van der Waals surface area contributed by atoms with Crippen LogP contribution in [0.1, 0.15) is 19.3 Å². The van der Waals surface area contributed by atoms with Crippen LogP contribution < -0.4 is 0 Å². The molecule has 1 fully saturated rings. The summed E-state index contributed by atoms with van der Waals surface area (Å²) in [6.07, 6.45) is 9.51. The summed E-state index contributed by atoms with van der Waals surface area (Å²) in [5.41, 5.74) is 0. The number of furan rings is 1. The zero-order valence-electron chi connectivity index (χ0n) is 10.7. The van der Waals surface area contributed by atoms with Crippen LogP contribution in [0.5, 0.6) is 0 Å². The quantitative estimate of drug-likeness (QED) is 0.833. The van der Waals surface area contributed by atoms with E-state index >= 15 is 0 Å². The van der Waals surface area contributed by atoms with Crippen molar-refractivity contribution in [2.45, 2.75) is 31.8 Å². The molecule has 96 valence electrons. The highest BCUT2D eigenvalue weighted by atomic mass is 16.3. The zero-order valence-corrected chi connectivity index (χ0v) is 10.7. The first-order valence-electron chi connectivity index (χ1n) is 6.60. The fourth-order valence-electron chi connectivity index (χ4n) is 2.69. The van der Waals surface area contributed by atoms with Gasteiger partial charge in [-0.2, -0.15) is 0 Å². The lowest BCUT2D eigenvalue weighted by atomic mass is 10.0. The van der Waals surface area contributed by atoms with Gasteiger partial charge in [-0.15, -0.1) is 0 Å². The third-order valence-electron chi connectivity index (χ3n) is 3.79. The van der Waals surface area contributed by atoms with E-state index in [1.807, 2.05) is 24.5 Å². The van der Waals surface area contributed by atoms with Gasteiger partial charge in [-0.1, -0.05) is 6.42 Å². The van der Waals surface area contributed by atoms with Crippen LogP contribution in [0.3, 0.4) is 0 Å².